The van der Waals surface area contributed by atoms with Crippen molar-refractivity contribution in [3.8, 4) is 0 Å². The van der Waals surface area contributed by atoms with E-state index in [9.17, 15) is 13.2 Å². The van der Waals surface area contributed by atoms with Gasteiger partial charge in [0.2, 0.25) is 5.03 Å². The highest BCUT2D eigenvalue weighted by atomic mass is 35.5. The van der Waals surface area contributed by atoms with Gasteiger partial charge in [-0.05, 0) is 43.5 Å². The lowest BCUT2D eigenvalue weighted by Gasteiger charge is -2.19. The molecule has 1 N–H and O–H groups in total. The van der Waals surface area contributed by atoms with Crippen LogP contribution in [0, 0.1) is 6.92 Å². The molecule has 3 rings (SSSR count). The Morgan fingerprint density at radius 2 is 1.85 bits per heavy atom. The minimum atomic E-state index is -3.83. The van der Waals surface area contributed by atoms with Crippen molar-refractivity contribution < 1.29 is 13.2 Å². The van der Waals surface area contributed by atoms with Crippen LogP contribution in [0.5, 0.6) is 0 Å². The molecule has 7 nitrogen and oxygen atoms in total. The maximum Gasteiger partial charge on any atom is 0.263 e. The Balaban J connectivity index is 1.90. The van der Waals surface area contributed by atoms with Crippen LogP contribution in [0.15, 0.2) is 29.4 Å². The van der Waals surface area contributed by atoms with Gasteiger partial charge in [-0.15, -0.1) is 0 Å². The number of benzene rings is 1. The number of nitrogens with zero attached hydrogens (tertiary/aromatic N) is 3. The fourth-order valence-corrected chi connectivity index (χ4v) is 4.90. The molecule has 9 heteroatoms. The zero-order chi connectivity index (χ0) is 19.6. The van der Waals surface area contributed by atoms with E-state index < -0.39 is 15.9 Å². The molecule has 1 amide bonds. The van der Waals surface area contributed by atoms with E-state index in [0.717, 1.165) is 31.2 Å². The van der Waals surface area contributed by atoms with Gasteiger partial charge in [0.25, 0.3) is 15.9 Å². The van der Waals surface area contributed by atoms with Gasteiger partial charge in [0.1, 0.15) is 0 Å². The Kier molecular flexibility index (Phi) is 5.88. The Labute approximate surface area is 164 Å². The van der Waals surface area contributed by atoms with Crippen LogP contribution >= 0.6 is 11.6 Å². The normalized spacial score (nSPS) is 16.1. The summed E-state index contributed by atoms with van der Waals surface area (Å²) in [7, 11) is -2.23. The van der Waals surface area contributed by atoms with Crippen LogP contribution in [-0.2, 0) is 17.1 Å². The van der Waals surface area contributed by atoms with Gasteiger partial charge in [0.15, 0.2) is 0 Å². The fraction of sp³-hybridized carbons (Fsp3) is 0.444. The Morgan fingerprint density at radius 3 is 2.48 bits per heavy atom. The van der Waals surface area contributed by atoms with Gasteiger partial charge in [-0.1, -0.05) is 24.4 Å². The topological polar surface area (TPSA) is 84.3 Å². The first-order chi connectivity index (χ1) is 12.8. The van der Waals surface area contributed by atoms with Gasteiger partial charge in [0.05, 0.1) is 5.56 Å². The quantitative estimate of drug-likeness (QED) is 0.838. The molecule has 27 heavy (non-hydrogen) atoms. The van der Waals surface area contributed by atoms with Crippen LogP contribution in [0.1, 0.15) is 41.6 Å². The average molecular weight is 411 g/mol. The second kappa shape index (κ2) is 8.00. The minimum Gasteiger partial charge on any atom is -0.322 e. The highest BCUT2D eigenvalue weighted by Crippen LogP contribution is 2.24. The Hall–Kier alpha value is -1.90. The number of rotatable bonds is 4. The van der Waals surface area contributed by atoms with Crippen LogP contribution in [0.25, 0.3) is 0 Å². The van der Waals surface area contributed by atoms with E-state index in [2.05, 4.69) is 10.4 Å². The van der Waals surface area contributed by atoms with Gasteiger partial charge < -0.3 is 5.32 Å². The first-order valence-corrected chi connectivity index (χ1v) is 10.7. The predicted molar refractivity (Wildman–Crippen MR) is 105 cm³/mol. The van der Waals surface area contributed by atoms with Crippen LogP contribution in [0.3, 0.4) is 0 Å². The standard InChI is InChI=1S/C18H23ClN4O3S/c1-13-11-14(7-8-16(13)19)20-17(24)15-12-22(2)21-18(15)27(25,26)23-9-5-3-4-6-10-23/h7-8,11-12H,3-6,9-10H2,1-2H3,(H,20,24). The van der Waals surface area contributed by atoms with E-state index >= 15 is 0 Å². The number of hydrogen-bond acceptors (Lipinski definition) is 4. The third kappa shape index (κ3) is 4.34. The number of anilines is 1. The largest absolute Gasteiger partial charge is 0.322 e. The van der Waals surface area contributed by atoms with Gasteiger partial charge in [0, 0.05) is 37.0 Å². The highest BCUT2D eigenvalue weighted by Gasteiger charge is 2.32. The first-order valence-electron chi connectivity index (χ1n) is 8.90. The molecule has 1 saturated heterocycles. The third-order valence-corrected chi connectivity index (χ3v) is 6.86. The SMILES string of the molecule is Cc1cc(NC(=O)c2cn(C)nc2S(=O)(=O)N2CCCCCC2)ccc1Cl. The smallest absolute Gasteiger partial charge is 0.263 e. The van der Waals surface area contributed by atoms with Crippen LogP contribution < -0.4 is 5.32 Å². The molecular weight excluding hydrogens is 388 g/mol. The summed E-state index contributed by atoms with van der Waals surface area (Å²) in [6.45, 7) is 2.74. The number of amides is 1. The molecule has 0 radical (unpaired) electrons. The van der Waals surface area contributed by atoms with E-state index in [4.69, 9.17) is 11.6 Å². The van der Waals surface area contributed by atoms with Gasteiger partial charge in [-0.2, -0.15) is 9.40 Å². The summed E-state index contributed by atoms with van der Waals surface area (Å²) in [5.74, 6) is -0.516. The van der Waals surface area contributed by atoms with Crippen molar-refractivity contribution in [3.05, 3.63) is 40.5 Å². The third-order valence-electron chi connectivity index (χ3n) is 4.60. The summed E-state index contributed by atoms with van der Waals surface area (Å²) >= 11 is 6.01. The van der Waals surface area contributed by atoms with Crippen molar-refractivity contribution in [2.45, 2.75) is 37.6 Å². The molecule has 1 aliphatic rings. The van der Waals surface area contributed by atoms with Crippen molar-refractivity contribution in [3.63, 3.8) is 0 Å². The molecule has 1 aromatic carbocycles. The number of halogens is 1. The van der Waals surface area contributed by atoms with Crippen molar-refractivity contribution in [2.75, 3.05) is 18.4 Å². The lowest BCUT2D eigenvalue weighted by molar-refractivity contribution is 0.102. The molecule has 2 heterocycles. The molecule has 0 unspecified atom stereocenters. The number of aryl methyl sites for hydroxylation is 2. The maximum atomic E-state index is 13.1. The number of carbonyl (C=O) groups is 1. The summed E-state index contributed by atoms with van der Waals surface area (Å²) < 4.78 is 29.0. The monoisotopic (exact) mass is 410 g/mol. The molecule has 0 bridgehead atoms. The lowest BCUT2D eigenvalue weighted by atomic mass is 10.2. The fourth-order valence-electron chi connectivity index (χ4n) is 3.14. The summed E-state index contributed by atoms with van der Waals surface area (Å²) in [5.41, 5.74) is 1.40. The molecule has 0 spiro atoms. The van der Waals surface area contributed by atoms with E-state index in [1.54, 1.807) is 25.2 Å². The summed E-state index contributed by atoms with van der Waals surface area (Å²) in [4.78, 5) is 12.8. The lowest BCUT2D eigenvalue weighted by Crippen LogP contribution is -2.33. The van der Waals surface area contributed by atoms with E-state index in [0.29, 0.717) is 23.8 Å². The van der Waals surface area contributed by atoms with Crippen LogP contribution in [-0.4, -0.2) is 41.5 Å². The van der Waals surface area contributed by atoms with Crippen molar-refractivity contribution in [1.82, 2.24) is 14.1 Å². The van der Waals surface area contributed by atoms with Crippen molar-refractivity contribution >= 4 is 33.2 Å². The zero-order valence-corrected chi connectivity index (χ0v) is 17.0. The minimum absolute atomic E-state index is 0.0364. The van der Waals surface area contributed by atoms with Crippen molar-refractivity contribution in [2.24, 2.45) is 7.05 Å². The summed E-state index contributed by atoms with van der Waals surface area (Å²) in [5, 5.41) is 7.22. The number of sulfonamides is 1. The van der Waals surface area contributed by atoms with Gasteiger partial charge in [-0.3, -0.25) is 9.48 Å². The van der Waals surface area contributed by atoms with E-state index in [1.165, 1.54) is 15.2 Å². The number of hydrogen-bond donors (Lipinski definition) is 1. The highest BCUT2D eigenvalue weighted by molar-refractivity contribution is 7.89. The number of nitrogens with one attached hydrogen (secondary N) is 1. The van der Waals surface area contributed by atoms with Crippen LogP contribution in [0.2, 0.25) is 5.02 Å². The Bertz CT molecular complexity index is 948. The molecule has 0 atom stereocenters. The number of carbonyl (C=O) groups excluding carboxylic acids is 1. The molecule has 2 aromatic rings. The zero-order valence-electron chi connectivity index (χ0n) is 15.4. The van der Waals surface area contributed by atoms with Gasteiger partial charge in [-0.25, -0.2) is 8.42 Å². The van der Waals surface area contributed by atoms with E-state index in [1.807, 2.05) is 6.92 Å². The molecule has 1 fully saturated rings. The second-order valence-electron chi connectivity index (χ2n) is 6.76. The first kappa shape index (κ1) is 19.9. The van der Waals surface area contributed by atoms with Crippen molar-refractivity contribution in [1.29, 1.82) is 0 Å². The number of aromatic nitrogens is 2. The van der Waals surface area contributed by atoms with Gasteiger partial charge >= 0.3 is 0 Å². The summed E-state index contributed by atoms with van der Waals surface area (Å²) in [6.07, 6.45) is 5.09. The van der Waals surface area contributed by atoms with Crippen LogP contribution in [0.4, 0.5) is 5.69 Å². The molecule has 1 aliphatic heterocycles. The molecule has 146 valence electrons. The Morgan fingerprint density at radius 1 is 1.19 bits per heavy atom. The molecular formula is C18H23ClN4O3S. The van der Waals surface area contributed by atoms with E-state index in [-0.39, 0.29) is 10.6 Å². The average Bonchev–Trinajstić information content (AvgIpc) is 2.83. The molecule has 0 aliphatic carbocycles. The maximum absolute atomic E-state index is 13.1. The predicted octanol–water partition coefficient (Wildman–Crippen LogP) is 3.20. The molecule has 0 saturated carbocycles. The summed E-state index contributed by atoms with van der Waals surface area (Å²) in [6, 6.07) is 5.09. The molecule has 1 aromatic heterocycles. The second-order valence-corrected chi connectivity index (χ2v) is 9.02.